The lowest BCUT2D eigenvalue weighted by atomic mass is 10.2. The third-order valence-corrected chi connectivity index (χ3v) is 2.70. The van der Waals surface area contributed by atoms with Gasteiger partial charge >= 0.3 is 0 Å². The zero-order chi connectivity index (χ0) is 10.8. The Labute approximate surface area is 90.1 Å². The van der Waals surface area contributed by atoms with Crippen molar-refractivity contribution in [2.45, 2.75) is 0 Å². The number of rotatable bonds is 2. The molecule has 1 heterocycles. The van der Waals surface area contributed by atoms with E-state index in [0.717, 1.165) is 10.6 Å². The van der Waals surface area contributed by atoms with Crippen LogP contribution in [-0.4, -0.2) is 10.2 Å². The van der Waals surface area contributed by atoms with E-state index in [4.69, 9.17) is 17.3 Å². The summed E-state index contributed by atoms with van der Waals surface area (Å²) in [6.07, 6.45) is 0. The van der Waals surface area contributed by atoms with E-state index in [1.165, 1.54) is 11.3 Å². The summed E-state index contributed by atoms with van der Waals surface area (Å²) in [5, 5.41) is 8.82. The minimum absolute atomic E-state index is 0.435. The van der Waals surface area contributed by atoms with Crippen LogP contribution in [0.4, 0.5) is 16.5 Å². The standard InChI is InChI=1S/C8H10N6S/c9-5-3-4(1-2-6(5)12-11)7-13-14-8(10)15-7/h1-3,12H,9,11H2,(H2,10,14). The van der Waals surface area contributed by atoms with Crippen molar-refractivity contribution in [1.29, 1.82) is 0 Å². The van der Waals surface area contributed by atoms with Crippen LogP contribution in [0, 0.1) is 0 Å². The molecule has 0 amide bonds. The molecule has 0 unspecified atom stereocenters. The highest BCUT2D eigenvalue weighted by Gasteiger charge is 2.06. The molecule has 0 aliphatic rings. The lowest BCUT2D eigenvalue weighted by Gasteiger charge is -2.05. The van der Waals surface area contributed by atoms with Crippen molar-refractivity contribution in [2.75, 3.05) is 16.9 Å². The average Bonchev–Trinajstić information content (AvgIpc) is 2.65. The Hall–Kier alpha value is -1.86. The van der Waals surface area contributed by atoms with E-state index in [1.807, 2.05) is 6.07 Å². The number of anilines is 3. The van der Waals surface area contributed by atoms with Crippen LogP contribution in [0.2, 0.25) is 0 Å². The fourth-order valence-electron chi connectivity index (χ4n) is 1.18. The largest absolute Gasteiger partial charge is 0.397 e. The summed E-state index contributed by atoms with van der Waals surface area (Å²) in [6, 6.07) is 5.41. The van der Waals surface area contributed by atoms with Crippen LogP contribution in [0.3, 0.4) is 0 Å². The average molecular weight is 222 g/mol. The van der Waals surface area contributed by atoms with Gasteiger partial charge in [0.15, 0.2) is 0 Å². The number of benzene rings is 1. The third kappa shape index (κ3) is 1.83. The van der Waals surface area contributed by atoms with Gasteiger partial charge in [-0.15, -0.1) is 10.2 Å². The molecule has 7 N–H and O–H groups in total. The summed E-state index contributed by atoms with van der Waals surface area (Å²) in [7, 11) is 0. The number of hydrazine groups is 1. The quantitative estimate of drug-likeness (QED) is 0.337. The fraction of sp³-hybridized carbons (Fsp3) is 0. The van der Waals surface area contributed by atoms with E-state index >= 15 is 0 Å². The molecule has 0 fully saturated rings. The van der Waals surface area contributed by atoms with Gasteiger partial charge in [-0.2, -0.15) is 0 Å². The van der Waals surface area contributed by atoms with Crippen LogP contribution in [-0.2, 0) is 0 Å². The van der Waals surface area contributed by atoms with Gasteiger partial charge in [0, 0.05) is 5.56 Å². The molecule has 7 heteroatoms. The van der Waals surface area contributed by atoms with Crippen molar-refractivity contribution in [3.05, 3.63) is 18.2 Å². The maximum atomic E-state index is 5.76. The van der Waals surface area contributed by atoms with Crippen molar-refractivity contribution in [2.24, 2.45) is 5.84 Å². The third-order valence-electron chi connectivity index (χ3n) is 1.89. The van der Waals surface area contributed by atoms with E-state index in [1.54, 1.807) is 12.1 Å². The molecule has 1 aromatic carbocycles. The minimum Gasteiger partial charge on any atom is -0.397 e. The summed E-state index contributed by atoms with van der Waals surface area (Å²) < 4.78 is 0. The molecule has 0 aliphatic carbocycles. The molecule has 0 radical (unpaired) electrons. The predicted octanol–water partition coefficient (Wildman–Crippen LogP) is 0.655. The summed E-state index contributed by atoms with van der Waals surface area (Å²) in [6.45, 7) is 0. The molecular formula is C8H10N6S. The van der Waals surface area contributed by atoms with Gasteiger partial charge in [0.05, 0.1) is 11.4 Å². The van der Waals surface area contributed by atoms with Crippen LogP contribution >= 0.6 is 11.3 Å². The van der Waals surface area contributed by atoms with Crippen LogP contribution in [0.25, 0.3) is 10.6 Å². The Bertz CT molecular complexity index is 480. The first-order valence-corrected chi connectivity index (χ1v) is 4.98. The Morgan fingerprint density at radius 3 is 2.53 bits per heavy atom. The van der Waals surface area contributed by atoms with Gasteiger partial charge < -0.3 is 16.9 Å². The first-order valence-electron chi connectivity index (χ1n) is 4.16. The van der Waals surface area contributed by atoms with Crippen molar-refractivity contribution in [1.82, 2.24) is 10.2 Å². The maximum absolute atomic E-state index is 5.76. The second-order valence-corrected chi connectivity index (χ2v) is 3.90. The molecule has 0 saturated carbocycles. The summed E-state index contributed by atoms with van der Waals surface area (Å²) in [4.78, 5) is 0. The van der Waals surface area contributed by atoms with Gasteiger partial charge in [-0.1, -0.05) is 11.3 Å². The molecule has 2 aromatic rings. The second-order valence-electron chi connectivity index (χ2n) is 2.89. The number of nitrogen functional groups attached to an aromatic ring is 3. The van der Waals surface area contributed by atoms with Gasteiger partial charge in [0.1, 0.15) is 5.01 Å². The van der Waals surface area contributed by atoms with Crippen molar-refractivity contribution in [3.8, 4) is 10.6 Å². The molecular weight excluding hydrogens is 212 g/mol. The number of hydrogen-bond donors (Lipinski definition) is 4. The molecule has 0 spiro atoms. The Kier molecular flexibility index (Phi) is 2.40. The van der Waals surface area contributed by atoms with E-state index in [0.29, 0.717) is 16.5 Å². The second kappa shape index (κ2) is 3.71. The lowest BCUT2D eigenvalue weighted by Crippen LogP contribution is -2.08. The van der Waals surface area contributed by atoms with Gasteiger partial charge in [-0.25, -0.2) is 0 Å². The van der Waals surface area contributed by atoms with E-state index in [-0.39, 0.29) is 0 Å². The molecule has 0 atom stereocenters. The number of nitrogens with one attached hydrogen (secondary N) is 1. The Morgan fingerprint density at radius 2 is 2.00 bits per heavy atom. The first kappa shape index (κ1) is 9.69. The van der Waals surface area contributed by atoms with Gasteiger partial charge in [-0.05, 0) is 18.2 Å². The van der Waals surface area contributed by atoms with E-state index in [9.17, 15) is 0 Å². The monoisotopic (exact) mass is 222 g/mol. The van der Waals surface area contributed by atoms with Gasteiger partial charge in [-0.3, -0.25) is 5.84 Å². The zero-order valence-corrected chi connectivity index (χ0v) is 8.58. The Balaban J connectivity index is 2.42. The minimum atomic E-state index is 0.435. The predicted molar refractivity (Wildman–Crippen MR) is 62.0 cm³/mol. The first-order chi connectivity index (χ1) is 7.20. The van der Waals surface area contributed by atoms with Crippen LogP contribution < -0.4 is 22.7 Å². The van der Waals surface area contributed by atoms with Gasteiger partial charge in [0.2, 0.25) is 5.13 Å². The fourth-order valence-corrected chi connectivity index (χ4v) is 1.78. The molecule has 2 rings (SSSR count). The highest BCUT2D eigenvalue weighted by molar-refractivity contribution is 7.18. The Morgan fingerprint density at radius 1 is 1.20 bits per heavy atom. The van der Waals surface area contributed by atoms with Gasteiger partial charge in [0.25, 0.3) is 0 Å². The van der Waals surface area contributed by atoms with Crippen LogP contribution in [0.15, 0.2) is 18.2 Å². The maximum Gasteiger partial charge on any atom is 0.203 e. The number of nitrogens with two attached hydrogens (primary N) is 3. The smallest absolute Gasteiger partial charge is 0.203 e. The molecule has 78 valence electrons. The van der Waals surface area contributed by atoms with Crippen molar-refractivity contribution >= 4 is 27.8 Å². The van der Waals surface area contributed by atoms with Crippen LogP contribution in [0.1, 0.15) is 0 Å². The normalized spacial score (nSPS) is 10.2. The van der Waals surface area contributed by atoms with Crippen molar-refractivity contribution < 1.29 is 0 Å². The summed E-state index contributed by atoms with van der Waals surface area (Å²) in [5.41, 5.74) is 15.9. The highest BCUT2D eigenvalue weighted by atomic mass is 32.1. The molecule has 0 bridgehead atoms. The molecule has 0 saturated heterocycles. The highest BCUT2D eigenvalue weighted by Crippen LogP contribution is 2.29. The molecule has 15 heavy (non-hydrogen) atoms. The summed E-state index contributed by atoms with van der Waals surface area (Å²) in [5.74, 6) is 5.27. The molecule has 0 aliphatic heterocycles. The number of hydrogen-bond acceptors (Lipinski definition) is 7. The number of aromatic nitrogens is 2. The molecule has 6 nitrogen and oxygen atoms in total. The van der Waals surface area contributed by atoms with Crippen molar-refractivity contribution in [3.63, 3.8) is 0 Å². The summed E-state index contributed by atoms with van der Waals surface area (Å²) >= 11 is 1.31. The van der Waals surface area contributed by atoms with Crippen LogP contribution in [0.5, 0.6) is 0 Å². The number of nitrogens with zero attached hydrogens (tertiary/aromatic N) is 2. The lowest BCUT2D eigenvalue weighted by molar-refractivity contribution is 1.10. The molecule has 1 aromatic heterocycles. The van der Waals surface area contributed by atoms with E-state index < -0.39 is 0 Å². The SMILES string of the molecule is NNc1ccc(-c2nnc(N)s2)cc1N. The van der Waals surface area contributed by atoms with E-state index in [2.05, 4.69) is 15.6 Å². The topological polar surface area (TPSA) is 116 Å². The zero-order valence-electron chi connectivity index (χ0n) is 7.77.